The monoisotopic (exact) mass is 438 g/mol. The molecule has 1 aromatic carbocycles. The van der Waals surface area contributed by atoms with Crippen molar-refractivity contribution in [3.63, 3.8) is 0 Å². The highest BCUT2D eigenvalue weighted by atomic mass is 16.2. The Balaban J connectivity index is 1.50. The maximum absolute atomic E-state index is 13.6. The molecule has 7 heteroatoms. The molecule has 7 nitrogen and oxygen atoms in total. The number of hydrogen-bond donors (Lipinski definition) is 1. The highest BCUT2D eigenvalue weighted by Crippen LogP contribution is 2.40. The van der Waals surface area contributed by atoms with Gasteiger partial charge in [-0.1, -0.05) is 43.5 Å². The van der Waals surface area contributed by atoms with Crippen LogP contribution in [0.2, 0.25) is 0 Å². The summed E-state index contributed by atoms with van der Waals surface area (Å²) in [4.78, 5) is 44.7. The van der Waals surface area contributed by atoms with Gasteiger partial charge in [0.25, 0.3) is 5.91 Å². The van der Waals surface area contributed by atoms with Crippen LogP contribution in [-0.4, -0.2) is 65.9 Å². The van der Waals surface area contributed by atoms with Gasteiger partial charge in [0, 0.05) is 31.2 Å². The fraction of sp³-hybridized carbons (Fsp3) is 0.560. The van der Waals surface area contributed by atoms with Crippen LogP contribution in [-0.2, 0) is 14.4 Å². The van der Waals surface area contributed by atoms with E-state index in [1.165, 1.54) is 6.42 Å². The number of carbonyl (C=O) groups is 3. The number of carbonyl (C=O) groups excluding carboxylic acids is 3. The number of piperidine rings is 1. The molecule has 1 N–H and O–H groups in total. The summed E-state index contributed by atoms with van der Waals surface area (Å²) < 4.78 is 0. The first-order chi connectivity index (χ1) is 15.5. The van der Waals surface area contributed by atoms with E-state index >= 15 is 0 Å². The van der Waals surface area contributed by atoms with Gasteiger partial charge in [-0.05, 0) is 37.8 Å². The zero-order chi connectivity index (χ0) is 22.6. The Morgan fingerprint density at radius 3 is 2.44 bits per heavy atom. The van der Waals surface area contributed by atoms with Crippen LogP contribution in [0, 0.1) is 5.92 Å². The lowest BCUT2D eigenvalue weighted by Crippen LogP contribution is -2.58. The summed E-state index contributed by atoms with van der Waals surface area (Å²) in [5.41, 5.74) is 0.269. The number of rotatable bonds is 6. The van der Waals surface area contributed by atoms with E-state index in [1.807, 2.05) is 35.2 Å². The van der Waals surface area contributed by atoms with Crippen LogP contribution >= 0.6 is 0 Å². The second-order valence-corrected chi connectivity index (χ2v) is 9.19. The highest BCUT2D eigenvalue weighted by molar-refractivity contribution is 5.96. The van der Waals surface area contributed by atoms with E-state index in [9.17, 15) is 14.4 Å². The van der Waals surface area contributed by atoms with Crippen molar-refractivity contribution in [3.05, 3.63) is 43.0 Å². The van der Waals surface area contributed by atoms with Crippen molar-refractivity contribution in [2.24, 2.45) is 5.92 Å². The fourth-order valence-corrected chi connectivity index (χ4v) is 5.44. The SMILES string of the molecule is C=CCNC(=O)CN1CN(c2ccccc2)C2(CCN(C(=O)C3CCCCC3)CC2)C1=O. The third-order valence-electron chi connectivity index (χ3n) is 7.22. The van der Waals surface area contributed by atoms with Gasteiger partial charge in [0.1, 0.15) is 12.1 Å². The molecule has 4 rings (SSSR count). The number of hydrogen-bond acceptors (Lipinski definition) is 4. The third-order valence-corrected chi connectivity index (χ3v) is 7.22. The Labute approximate surface area is 190 Å². The maximum Gasteiger partial charge on any atom is 0.250 e. The van der Waals surface area contributed by atoms with Gasteiger partial charge in [0.15, 0.2) is 0 Å². The molecule has 3 fully saturated rings. The minimum atomic E-state index is -0.705. The summed E-state index contributed by atoms with van der Waals surface area (Å²) in [5, 5.41) is 2.76. The predicted octanol–water partition coefficient (Wildman–Crippen LogP) is 2.54. The first kappa shape index (κ1) is 22.4. The van der Waals surface area contributed by atoms with Crippen LogP contribution in [0.1, 0.15) is 44.9 Å². The number of anilines is 1. The van der Waals surface area contributed by atoms with Gasteiger partial charge in [0.05, 0.1) is 6.67 Å². The Morgan fingerprint density at radius 1 is 1.09 bits per heavy atom. The van der Waals surface area contributed by atoms with E-state index in [2.05, 4.69) is 16.8 Å². The number of benzene rings is 1. The summed E-state index contributed by atoms with van der Waals surface area (Å²) in [7, 11) is 0. The molecule has 2 heterocycles. The molecule has 3 aliphatic rings. The summed E-state index contributed by atoms with van der Waals surface area (Å²) in [6, 6.07) is 9.91. The first-order valence-corrected chi connectivity index (χ1v) is 11.8. The maximum atomic E-state index is 13.6. The molecule has 1 aliphatic carbocycles. The largest absolute Gasteiger partial charge is 0.351 e. The molecular weight excluding hydrogens is 404 g/mol. The molecule has 172 valence electrons. The normalized spacial score (nSPS) is 21.1. The number of amides is 3. The van der Waals surface area contributed by atoms with E-state index in [1.54, 1.807) is 11.0 Å². The van der Waals surface area contributed by atoms with E-state index in [4.69, 9.17) is 0 Å². The molecule has 2 saturated heterocycles. The second kappa shape index (κ2) is 9.76. The molecule has 32 heavy (non-hydrogen) atoms. The summed E-state index contributed by atoms with van der Waals surface area (Å²) in [5.74, 6) is 0.206. The van der Waals surface area contributed by atoms with E-state index in [0.717, 1.165) is 31.4 Å². The lowest BCUT2D eigenvalue weighted by molar-refractivity contribution is -0.142. The fourth-order valence-electron chi connectivity index (χ4n) is 5.44. The van der Waals surface area contributed by atoms with Crippen molar-refractivity contribution in [1.29, 1.82) is 0 Å². The molecule has 0 aromatic heterocycles. The number of para-hydroxylation sites is 1. The molecule has 0 bridgehead atoms. The average Bonchev–Trinajstić information content (AvgIpc) is 3.10. The van der Waals surface area contributed by atoms with Gasteiger partial charge in [-0.2, -0.15) is 0 Å². The standard InChI is InChI=1S/C25H34N4O3/c1-2-15-26-22(30)18-28-19-29(21-11-7-4-8-12-21)25(24(28)32)13-16-27(17-14-25)23(31)20-9-5-3-6-10-20/h2,4,7-8,11-12,20H,1,3,5-6,9-10,13-19H2,(H,26,30). The van der Waals surface area contributed by atoms with Gasteiger partial charge in [-0.3, -0.25) is 14.4 Å². The van der Waals surface area contributed by atoms with Crippen molar-refractivity contribution in [2.75, 3.05) is 37.7 Å². The summed E-state index contributed by atoms with van der Waals surface area (Å²) in [6.45, 7) is 5.57. The molecule has 2 aliphatic heterocycles. The Hall–Kier alpha value is -2.83. The highest BCUT2D eigenvalue weighted by Gasteiger charge is 2.54. The van der Waals surface area contributed by atoms with Gasteiger partial charge in [-0.25, -0.2) is 0 Å². The summed E-state index contributed by atoms with van der Waals surface area (Å²) >= 11 is 0. The Bertz CT molecular complexity index is 842. The van der Waals surface area contributed by atoms with Crippen molar-refractivity contribution in [3.8, 4) is 0 Å². The van der Waals surface area contributed by atoms with E-state index < -0.39 is 5.54 Å². The molecule has 1 spiro atoms. The van der Waals surface area contributed by atoms with Crippen molar-refractivity contribution in [2.45, 2.75) is 50.5 Å². The zero-order valence-electron chi connectivity index (χ0n) is 18.8. The van der Waals surface area contributed by atoms with Crippen LogP contribution < -0.4 is 10.2 Å². The zero-order valence-corrected chi connectivity index (χ0v) is 18.8. The van der Waals surface area contributed by atoms with Crippen molar-refractivity contribution < 1.29 is 14.4 Å². The Morgan fingerprint density at radius 2 is 1.78 bits per heavy atom. The first-order valence-electron chi connectivity index (χ1n) is 11.8. The topological polar surface area (TPSA) is 73.0 Å². The second-order valence-electron chi connectivity index (χ2n) is 9.19. The molecular formula is C25H34N4O3. The number of nitrogens with zero attached hydrogens (tertiary/aromatic N) is 3. The van der Waals surface area contributed by atoms with Crippen LogP contribution in [0.15, 0.2) is 43.0 Å². The Kier molecular flexibility index (Phi) is 6.82. The number of nitrogens with one attached hydrogen (secondary N) is 1. The third kappa shape index (κ3) is 4.38. The minimum Gasteiger partial charge on any atom is -0.351 e. The van der Waals surface area contributed by atoms with Crippen LogP contribution in [0.3, 0.4) is 0 Å². The molecule has 1 aromatic rings. The van der Waals surface area contributed by atoms with Gasteiger partial charge >= 0.3 is 0 Å². The van der Waals surface area contributed by atoms with Crippen LogP contribution in [0.5, 0.6) is 0 Å². The smallest absolute Gasteiger partial charge is 0.250 e. The van der Waals surface area contributed by atoms with Crippen LogP contribution in [0.25, 0.3) is 0 Å². The molecule has 0 unspecified atom stereocenters. The molecule has 3 amide bonds. The van der Waals surface area contributed by atoms with Gasteiger partial charge in [0.2, 0.25) is 11.8 Å². The lowest BCUT2D eigenvalue weighted by atomic mass is 9.83. The molecule has 1 saturated carbocycles. The molecule has 0 radical (unpaired) electrons. The van der Waals surface area contributed by atoms with E-state index in [0.29, 0.717) is 39.1 Å². The summed E-state index contributed by atoms with van der Waals surface area (Å²) in [6.07, 6.45) is 8.28. The molecule has 0 atom stereocenters. The van der Waals surface area contributed by atoms with Gasteiger partial charge in [-0.15, -0.1) is 6.58 Å². The van der Waals surface area contributed by atoms with Crippen molar-refractivity contribution in [1.82, 2.24) is 15.1 Å². The quantitative estimate of drug-likeness (QED) is 0.693. The van der Waals surface area contributed by atoms with Crippen LogP contribution in [0.4, 0.5) is 5.69 Å². The number of likely N-dealkylation sites (tertiary alicyclic amines) is 1. The average molecular weight is 439 g/mol. The lowest BCUT2D eigenvalue weighted by Gasteiger charge is -2.44. The van der Waals surface area contributed by atoms with E-state index in [-0.39, 0.29) is 30.2 Å². The predicted molar refractivity (Wildman–Crippen MR) is 124 cm³/mol. The minimum absolute atomic E-state index is 0.0140. The van der Waals surface area contributed by atoms with Crippen molar-refractivity contribution >= 4 is 23.4 Å². The van der Waals surface area contributed by atoms with Gasteiger partial charge < -0.3 is 20.0 Å².